The van der Waals surface area contributed by atoms with Crippen molar-refractivity contribution in [3.63, 3.8) is 0 Å². The van der Waals surface area contributed by atoms with Crippen molar-refractivity contribution in [1.29, 1.82) is 0 Å². The summed E-state index contributed by atoms with van der Waals surface area (Å²) >= 11 is 0. The molecule has 0 radical (unpaired) electrons. The Morgan fingerprint density at radius 2 is 1.76 bits per heavy atom. The number of amides is 4. The van der Waals surface area contributed by atoms with Crippen molar-refractivity contribution in [3.05, 3.63) is 58.8 Å². The number of hydrogen-bond acceptors (Lipinski definition) is 6. The van der Waals surface area contributed by atoms with Gasteiger partial charge in [-0.05, 0) is 23.3 Å². The van der Waals surface area contributed by atoms with E-state index in [2.05, 4.69) is 15.2 Å². The fourth-order valence-corrected chi connectivity index (χ4v) is 4.44. The van der Waals surface area contributed by atoms with Gasteiger partial charge in [0.05, 0.1) is 13.1 Å². The molecule has 1 aromatic carbocycles. The monoisotopic (exact) mass is 456 g/mol. The van der Waals surface area contributed by atoms with E-state index >= 15 is 0 Å². The summed E-state index contributed by atoms with van der Waals surface area (Å²) in [6.07, 6.45) is 1.42. The molecule has 2 fully saturated rings. The quantitative estimate of drug-likeness (QED) is 0.750. The average molecular weight is 456 g/mol. The molecule has 0 bridgehead atoms. The smallest absolute Gasteiger partial charge is 0.342 e. The SMILES string of the molecule is O=C1CCN(N2Cc3cc(CN4CCN(c5nccc(F)c5F)CC4)ccc3C2=O)C(=O)N1. The van der Waals surface area contributed by atoms with E-state index in [9.17, 15) is 23.2 Å². The summed E-state index contributed by atoms with van der Waals surface area (Å²) in [5, 5.41) is 4.89. The summed E-state index contributed by atoms with van der Waals surface area (Å²) in [5.41, 5.74) is 2.39. The Balaban J connectivity index is 1.22. The normalized spacial score (nSPS) is 19.2. The number of fused-ring (bicyclic) bond motifs is 1. The highest BCUT2D eigenvalue weighted by atomic mass is 19.2. The maximum absolute atomic E-state index is 14.0. The van der Waals surface area contributed by atoms with Crippen molar-refractivity contribution in [2.45, 2.75) is 19.5 Å². The molecule has 11 heteroatoms. The van der Waals surface area contributed by atoms with E-state index < -0.39 is 17.7 Å². The van der Waals surface area contributed by atoms with Gasteiger partial charge in [0.1, 0.15) is 0 Å². The Kier molecular flexibility index (Phi) is 5.41. The lowest BCUT2D eigenvalue weighted by molar-refractivity contribution is -0.123. The lowest BCUT2D eigenvalue weighted by atomic mass is 10.1. The molecule has 2 aromatic rings. The largest absolute Gasteiger partial charge is 0.352 e. The van der Waals surface area contributed by atoms with Gasteiger partial charge >= 0.3 is 6.03 Å². The molecule has 4 amide bonds. The Morgan fingerprint density at radius 1 is 0.970 bits per heavy atom. The molecule has 3 aliphatic heterocycles. The van der Waals surface area contributed by atoms with Gasteiger partial charge in [-0.3, -0.25) is 19.8 Å². The number of nitrogens with one attached hydrogen (secondary N) is 1. The van der Waals surface area contributed by atoms with E-state index in [0.29, 0.717) is 38.3 Å². The van der Waals surface area contributed by atoms with Gasteiger partial charge in [0.25, 0.3) is 5.91 Å². The Bertz CT molecular complexity index is 1140. The molecule has 33 heavy (non-hydrogen) atoms. The van der Waals surface area contributed by atoms with Gasteiger partial charge in [-0.15, -0.1) is 0 Å². The van der Waals surface area contributed by atoms with Crippen molar-refractivity contribution < 1.29 is 23.2 Å². The summed E-state index contributed by atoms with van der Waals surface area (Å²) in [4.78, 5) is 44.2. The molecule has 1 N–H and O–H groups in total. The van der Waals surface area contributed by atoms with Gasteiger partial charge in [-0.1, -0.05) is 12.1 Å². The molecule has 3 aliphatic rings. The molecular formula is C22H22F2N6O3. The van der Waals surface area contributed by atoms with Gasteiger partial charge in [0.15, 0.2) is 11.6 Å². The number of pyridine rings is 1. The highest BCUT2D eigenvalue weighted by Crippen LogP contribution is 2.27. The zero-order chi connectivity index (χ0) is 23.1. The highest BCUT2D eigenvalue weighted by molar-refractivity contribution is 6.01. The van der Waals surface area contributed by atoms with Gasteiger partial charge in [-0.2, -0.15) is 4.39 Å². The molecule has 0 aliphatic carbocycles. The van der Waals surface area contributed by atoms with Crippen LogP contribution in [-0.4, -0.2) is 70.5 Å². The fourth-order valence-electron chi connectivity index (χ4n) is 4.44. The minimum atomic E-state index is -0.925. The number of imide groups is 1. The molecule has 0 spiro atoms. The van der Waals surface area contributed by atoms with Crippen molar-refractivity contribution in [1.82, 2.24) is 25.2 Å². The van der Waals surface area contributed by atoms with E-state index in [1.165, 1.54) is 16.2 Å². The Hall–Kier alpha value is -3.60. The summed E-state index contributed by atoms with van der Waals surface area (Å²) < 4.78 is 27.5. The molecular weight excluding hydrogens is 434 g/mol. The third kappa shape index (κ3) is 3.99. The third-order valence-electron chi connectivity index (χ3n) is 6.18. The van der Waals surface area contributed by atoms with Crippen LogP contribution in [0.15, 0.2) is 30.5 Å². The number of rotatable bonds is 4. The van der Waals surface area contributed by atoms with Crippen LogP contribution in [-0.2, 0) is 17.9 Å². The zero-order valence-corrected chi connectivity index (χ0v) is 17.8. The first-order chi connectivity index (χ1) is 15.9. The number of halogens is 2. The Labute approximate surface area is 188 Å². The van der Waals surface area contributed by atoms with Gasteiger partial charge in [0, 0.05) is 50.9 Å². The second kappa shape index (κ2) is 8.39. The van der Waals surface area contributed by atoms with Crippen LogP contribution >= 0.6 is 0 Å². The molecule has 5 rings (SSSR count). The molecule has 9 nitrogen and oxygen atoms in total. The number of hydrazine groups is 1. The molecule has 172 valence electrons. The van der Waals surface area contributed by atoms with E-state index in [4.69, 9.17) is 0 Å². The number of hydrogen-bond donors (Lipinski definition) is 1. The van der Waals surface area contributed by atoms with Crippen LogP contribution in [0.3, 0.4) is 0 Å². The molecule has 1 aromatic heterocycles. The van der Waals surface area contributed by atoms with Gasteiger partial charge in [-0.25, -0.2) is 24.2 Å². The van der Waals surface area contributed by atoms with Crippen LogP contribution < -0.4 is 10.2 Å². The van der Waals surface area contributed by atoms with Crippen LogP contribution in [0.25, 0.3) is 0 Å². The van der Waals surface area contributed by atoms with Crippen LogP contribution in [0.2, 0.25) is 0 Å². The maximum Gasteiger partial charge on any atom is 0.342 e. The summed E-state index contributed by atoms with van der Waals surface area (Å²) in [6, 6.07) is 6.03. The standard InChI is InChI=1S/C22H22F2N6O3/c23-17-3-5-25-20(19(17)24)28-9-7-27(8-10-28)12-14-1-2-16-15(11-14)13-30(21(16)32)29-6-4-18(31)26-22(29)33/h1-3,5,11H,4,6-10,12-13H2,(H,26,31,33). The van der Waals surface area contributed by atoms with Crippen molar-refractivity contribution >= 4 is 23.7 Å². The first kappa shape index (κ1) is 21.3. The lowest BCUT2D eigenvalue weighted by Crippen LogP contribution is -2.56. The lowest BCUT2D eigenvalue weighted by Gasteiger charge is -2.35. The average Bonchev–Trinajstić information content (AvgIpc) is 3.12. The highest BCUT2D eigenvalue weighted by Gasteiger charge is 2.37. The Morgan fingerprint density at radius 3 is 2.52 bits per heavy atom. The summed E-state index contributed by atoms with van der Waals surface area (Å²) in [5.74, 6) is -2.41. The summed E-state index contributed by atoms with van der Waals surface area (Å²) in [6.45, 7) is 3.43. The molecule has 0 unspecified atom stereocenters. The van der Waals surface area contributed by atoms with Crippen molar-refractivity contribution in [3.8, 4) is 0 Å². The number of carbonyl (C=O) groups excluding carboxylic acids is 3. The third-order valence-corrected chi connectivity index (χ3v) is 6.18. The molecule has 4 heterocycles. The predicted octanol–water partition coefficient (Wildman–Crippen LogP) is 1.49. The van der Waals surface area contributed by atoms with Crippen LogP contribution in [0.4, 0.5) is 19.4 Å². The van der Waals surface area contributed by atoms with Crippen molar-refractivity contribution in [2.24, 2.45) is 0 Å². The number of benzene rings is 1. The number of anilines is 1. The van der Waals surface area contributed by atoms with Crippen LogP contribution in [0.1, 0.15) is 27.9 Å². The second-order valence-electron chi connectivity index (χ2n) is 8.27. The number of aromatic nitrogens is 1. The van der Waals surface area contributed by atoms with E-state index in [-0.39, 0.29) is 37.1 Å². The zero-order valence-electron chi connectivity index (χ0n) is 17.8. The minimum absolute atomic E-state index is 0.0363. The number of nitrogens with zero attached hydrogens (tertiary/aromatic N) is 5. The summed E-state index contributed by atoms with van der Waals surface area (Å²) in [7, 11) is 0. The number of carbonyl (C=O) groups is 3. The van der Waals surface area contributed by atoms with Crippen LogP contribution in [0.5, 0.6) is 0 Å². The second-order valence-corrected chi connectivity index (χ2v) is 8.27. The number of piperazine rings is 1. The number of urea groups is 1. The van der Waals surface area contributed by atoms with E-state index in [1.54, 1.807) is 11.0 Å². The first-order valence-corrected chi connectivity index (χ1v) is 10.7. The molecule has 2 saturated heterocycles. The van der Waals surface area contributed by atoms with Crippen LogP contribution in [0, 0.1) is 11.6 Å². The van der Waals surface area contributed by atoms with Gasteiger partial charge in [0.2, 0.25) is 11.7 Å². The maximum atomic E-state index is 14.0. The van der Waals surface area contributed by atoms with Crippen molar-refractivity contribution in [2.75, 3.05) is 37.6 Å². The predicted molar refractivity (Wildman–Crippen MR) is 113 cm³/mol. The minimum Gasteiger partial charge on any atom is -0.352 e. The first-order valence-electron chi connectivity index (χ1n) is 10.7. The topological polar surface area (TPSA) is 89.1 Å². The fraction of sp³-hybridized carbons (Fsp3) is 0.364. The van der Waals surface area contributed by atoms with E-state index in [0.717, 1.165) is 17.2 Å². The van der Waals surface area contributed by atoms with Gasteiger partial charge < -0.3 is 4.90 Å². The van der Waals surface area contributed by atoms with E-state index in [1.807, 2.05) is 12.1 Å². The molecule has 0 saturated carbocycles. The molecule has 0 atom stereocenters.